The van der Waals surface area contributed by atoms with Crippen LogP contribution in [0.15, 0.2) is 47.5 Å². The largest absolute Gasteiger partial charge is 0.392 e. The molecule has 6 rings (SSSR count). The van der Waals surface area contributed by atoms with Gasteiger partial charge in [-0.05, 0) is 75.6 Å². The maximum absolute atomic E-state index is 13.7. The Morgan fingerprint density at radius 3 is 2.58 bits per heavy atom. The van der Waals surface area contributed by atoms with E-state index < -0.39 is 0 Å². The molecule has 9 heteroatoms. The van der Waals surface area contributed by atoms with Gasteiger partial charge in [-0.1, -0.05) is 12.1 Å². The Kier molecular flexibility index (Phi) is 7.32. The van der Waals surface area contributed by atoms with E-state index in [1.165, 1.54) is 0 Å². The normalized spacial score (nSPS) is 25.1. The first kappa shape index (κ1) is 25.3. The van der Waals surface area contributed by atoms with Crippen LogP contribution in [0, 0.1) is 6.92 Å². The minimum absolute atomic E-state index is 0.0454. The van der Waals surface area contributed by atoms with Crippen molar-refractivity contribution in [3.63, 3.8) is 0 Å². The average molecular weight is 519 g/mol. The second-order valence-corrected chi connectivity index (χ2v) is 11.1. The van der Waals surface area contributed by atoms with E-state index in [1.807, 2.05) is 48.0 Å². The fraction of sp³-hybridized carbons (Fsp3) is 0.552. The van der Waals surface area contributed by atoms with E-state index in [1.54, 1.807) is 10.8 Å². The fourth-order valence-corrected chi connectivity index (χ4v) is 6.32. The molecule has 202 valence electrons. The highest BCUT2D eigenvalue weighted by Crippen LogP contribution is 2.29. The van der Waals surface area contributed by atoms with Crippen molar-refractivity contribution in [3.05, 3.63) is 58.8 Å². The van der Waals surface area contributed by atoms with Gasteiger partial charge in [-0.2, -0.15) is 0 Å². The van der Waals surface area contributed by atoms with E-state index in [-0.39, 0.29) is 17.8 Å². The summed E-state index contributed by atoms with van der Waals surface area (Å²) in [5, 5.41) is 13.5. The van der Waals surface area contributed by atoms with Gasteiger partial charge in [0.15, 0.2) is 0 Å². The third-order valence-electron chi connectivity index (χ3n) is 8.42. The number of likely N-dealkylation sites (tertiary alicyclic amines) is 1. The Balaban J connectivity index is 1.25. The predicted molar refractivity (Wildman–Crippen MR) is 147 cm³/mol. The first-order valence-corrected chi connectivity index (χ1v) is 14.1. The molecule has 38 heavy (non-hydrogen) atoms. The van der Waals surface area contributed by atoms with Crippen molar-refractivity contribution in [3.8, 4) is 17.1 Å². The summed E-state index contributed by atoms with van der Waals surface area (Å²) in [5.74, 6) is 0.601. The van der Waals surface area contributed by atoms with Crippen LogP contribution in [0.25, 0.3) is 17.1 Å². The summed E-state index contributed by atoms with van der Waals surface area (Å²) >= 11 is 0. The first-order valence-electron chi connectivity index (χ1n) is 14.1. The standard InChI is InChI=1S/C29H38N6O3/c1-20-3-2-4-24(17-20)35-27(19-34(29(35)37)23-11-15-38-16-12-23)26-9-13-30-28(32-26)31-21-5-7-22(8-6-21)33-14-10-25(36)18-33/h2-4,9,13,17,19,21-23,25,36H,5-8,10-12,14-16,18H2,1H3,(H,30,31,32). The van der Waals surface area contributed by atoms with Gasteiger partial charge in [0.05, 0.1) is 23.2 Å². The minimum Gasteiger partial charge on any atom is -0.392 e. The Labute approximate surface area is 223 Å². The van der Waals surface area contributed by atoms with Gasteiger partial charge >= 0.3 is 5.69 Å². The second kappa shape index (κ2) is 11.0. The molecule has 9 nitrogen and oxygen atoms in total. The van der Waals surface area contributed by atoms with Crippen molar-refractivity contribution in [2.75, 3.05) is 31.6 Å². The van der Waals surface area contributed by atoms with Gasteiger partial charge in [0, 0.05) is 56.8 Å². The summed E-state index contributed by atoms with van der Waals surface area (Å²) in [4.78, 5) is 25.6. The molecule has 2 aromatic heterocycles. The maximum Gasteiger partial charge on any atom is 0.333 e. The molecule has 0 amide bonds. The molecule has 1 aliphatic carbocycles. The van der Waals surface area contributed by atoms with Crippen molar-refractivity contribution in [2.24, 2.45) is 0 Å². The molecule has 3 aliphatic rings. The summed E-state index contributed by atoms with van der Waals surface area (Å²) in [6.45, 7) is 5.20. The quantitative estimate of drug-likeness (QED) is 0.515. The van der Waals surface area contributed by atoms with Crippen molar-refractivity contribution < 1.29 is 9.84 Å². The highest BCUT2D eigenvalue weighted by Gasteiger charge is 2.31. The predicted octanol–water partition coefficient (Wildman–Crippen LogP) is 3.55. The van der Waals surface area contributed by atoms with E-state index >= 15 is 0 Å². The van der Waals surface area contributed by atoms with E-state index in [0.29, 0.717) is 31.2 Å². The molecule has 3 aromatic rings. The van der Waals surface area contributed by atoms with Crippen molar-refractivity contribution in [2.45, 2.75) is 76.1 Å². The van der Waals surface area contributed by atoms with E-state index in [0.717, 1.165) is 80.7 Å². The minimum atomic E-state index is -0.166. The number of anilines is 1. The van der Waals surface area contributed by atoms with Crippen LogP contribution < -0.4 is 11.0 Å². The lowest BCUT2D eigenvalue weighted by Gasteiger charge is -2.34. The fourth-order valence-electron chi connectivity index (χ4n) is 6.32. The number of aliphatic hydroxyl groups excluding tert-OH is 1. The number of hydrogen-bond acceptors (Lipinski definition) is 7. The number of aryl methyl sites for hydroxylation is 1. The summed E-state index contributed by atoms with van der Waals surface area (Å²) in [6, 6.07) is 10.9. The number of aliphatic hydroxyl groups is 1. The molecule has 4 heterocycles. The lowest BCUT2D eigenvalue weighted by atomic mass is 9.90. The molecule has 3 fully saturated rings. The van der Waals surface area contributed by atoms with Gasteiger partial charge in [-0.15, -0.1) is 0 Å². The topological polar surface area (TPSA) is 97.4 Å². The Hall–Kier alpha value is -3.01. The van der Waals surface area contributed by atoms with Gasteiger partial charge in [-0.25, -0.2) is 14.8 Å². The van der Waals surface area contributed by atoms with Gasteiger partial charge < -0.3 is 15.2 Å². The molecule has 2 N–H and O–H groups in total. The zero-order chi connectivity index (χ0) is 26.1. The first-order chi connectivity index (χ1) is 18.5. The number of aromatic nitrogens is 4. The third kappa shape index (κ3) is 5.28. The maximum atomic E-state index is 13.7. The monoisotopic (exact) mass is 518 g/mol. The van der Waals surface area contributed by atoms with E-state index in [2.05, 4.69) is 15.2 Å². The van der Waals surface area contributed by atoms with Gasteiger partial charge in [-0.3, -0.25) is 14.0 Å². The number of nitrogens with one attached hydrogen (secondary N) is 1. The van der Waals surface area contributed by atoms with Gasteiger partial charge in [0.1, 0.15) is 0 Å². The van der Waals surface area contributed by atoms with Gasteiger partial charge in [0.2, 0.25) is 5.95 Å². The second-order valence-electron chi connectivity index (χ2n) is 11.1. The van der Waals surface area contributed by atoms with Crippen LogP contribution in [0.2, 0.25) is 0 Å². The summed E-state index contributed by atoms with van der Waals surface area (Å²) in [6.07, 6.45) is 10.5. The van der Waals surface area contributed by atoms with Crippen LogP contribution in [-0.4, -0.2) is 73.6 Å². The number of hydrogen-bond donors (Lipinski definition) is 2. The molecule has 1 saturated carbocycles. The molecular formula is C29H38N6O3. The SMILES string of the molecule is Cc1cccc(-n2c(-c3ccnc(NC4CCC(N5CCC(O)C5)CC4)n3)cn(C3CCOCC3)c2=O)c1. The number of rotatable bonds is 6. The van der Waals surface area contributed by atoms with Crippen LogP contribution in [0.5, 0.6) is 0 Å². The van der Waals surface area contributed by atoms with Gasteiger partial charge in [0.25, 0.3) is 0 Å². The summed E-state index contributed by atoms with van der Waals surface area (Å²) in [5.41, 5.74) is 3.40. The van der Waals surface area contributed by atoms with Crippen LogP contribution in [0.4, 0.5) is 5.95 Å². The van der Waals surface area contributed by atoms with Crippen molar-refractivity contribution in [1.82, 2.24) is 24.0 Å². The number of nitrogens with zero attached hydrogens (tertiary/aromatic N) is 5. The van der Waals surface area contributed by atoms with Crippen LogP contribution >= 0.6 is 0 Å². The summed E-state index contributed by atoms with van der Waals surface area (Å²) in [7, 11) is 0. The van der Waals surface area contributed by atoms with Crippen molar-refractivity contribution in [1.29, 1.82) is 0 Å². The molecule has 2 aliphatic heterocycles. The Morgan fingerprint density at radius 1 is 1.03 bits per heavy atom. The lowest BCUT2D eigenvalue weighted by molar-refractivity contribution is 0.0686. The molecule has 0 radical (unpaired) electrons. The van der Waals surface area contributed by atoms with Crippen LogP contribution in [-0.2, 0) is 4.74 Å². The molecular weight excluding hydrogens is 480 g/mol. The van der Waals surface area contributed by atoms with Crippen molar-refractivity contribution >= 4 is 5.95 Å². The zero-order valence-electron chi connectivity index (χ0n) is 22.1. The Morgan fingerprint density at radius 2 is 1.84 bits per heavy atom. The highest BCUT2D eigenvalue weighted by atomic mass is 16.5. The highest BCUT2D eigenvalue weighted by molar-refractivity contribution is 5.59. The molecule has 1 aromatic carbocycles. The molecule has 1 atom stereocenters. The third-order valence-corrected chi connectivity index (χ3v) is 8.42. The molecule has 2 saturated heterocycles. The van der Waals surface area contributed by atoms with E-state index in [4.69, 9.17) is 9.72 Å². The number of benzene rings is 1. The molecule has 1 unspecified atom stereocenters. The van der Waals surface area contributed by atoms with Crippen LogP contribution in [0.1, 0.15) is 56.6 Å². The molecule has 0 spiro atoms. The lowest BCUT2D eigenvalue weighted by Crippen LogP contribution is -2.39. The van der Waals surface area contributed by atoms with Crippen LogP contribution in [0.3, 0.4) is 0 Å². The smallest absolute Gasteiger partial charge is 0.333 e. The molecule has 0 bridgehead atoms. The van der Waals surface area contributed by atoms with E-state index in [9.17, 15) is 9.90 Å². The Bertz CT molecular complexity index is 1310. The zero-order valence-corrected chi connectivity index (χ0v) is 22.1. The number of ether oxygens (including phenoxy) is 1. The number of β-amino-alcohol motifs (C(OH)–C–C–N with tert-alkyl or cyclic N) is 1. The summed E-state index contributed by atoms with van der Waals surface area (Å²) < 4.78 is 9.20. The average Bonchev–Trinajstić information content (AvgIpc) is 3.53. The number of imidazole rings is 1.